The van der Waals surface area contributed by atoms with Crippen LogP contribution in [0.4, 0.5) is 24.5 Å². The summed E-state index contributed by atoms with van der Waals surface area (Å²) in [6.45, 7) is 1.04. The number of benzene rings is 2. The van der Waals surface area contributed by atoms with Gasteiger partial charge in [0.1, 0.15) is 17.1 Å². The number of hydrogen-bond donors (Lipinski definition) is 1. The molecule has 0 saturated carbocycles. The number of carbonyl (C=O) groups excluding carboxylic acids is 2. The summed E-state index contributed by atoms with van der Waals surface area (Å²) in [6, 6.07) is 7.54. The Bertz CT molecular complexity index is 1010. The lowest BCUT2D eigenvalue weighted by Gasteiger charge is -2.31. The molecule has 178 valence electrons. The monoisotopic (exact) mass is 468 g/mol. The maximum absolute atomic E-state index is 13.2. The van der Waals surface area contributed by atoms with Crippen molar-refractivity contribution in [1.29, 1.82) is 0 Å². The number of anilines is 2. The summed E-state index contributed by atoms with van der Waals surface area (Å²) in [5.74, 6) is -0.972. The van der Waals surface area contributed by atoms with Crippen LogP contribution in [0, 0.1) is 0 Å². The highest BCUT2D eigenvalue weighted by Crippen LogP contribution is 2.35. The molecular formula is C22H23F3N2O6. The van der Waals surface area contributed by atoms with Crippen LogP contribution in [0.3, 0.4) is 0 Å². The molecule has 1 saturated heterocycles. The SMILES string of the molecule is COc1ccc(C(=O)OCC(=O)Nc2cc(C(F)(F)F)ccc2N2CCOCC2)c(OC)c1. The Hall–Kier alpha value is -3.47. The molecule has 0 radical (unpaired) electrons. The Kier molecular flexibility index (Phi) is 7.64. The second-order valence-electron chi connectivity index (χ2n) is 7.02. The standard InChI is InChI=1S/C22H23F3N2O6/c1-30-15-4-5-16(19(12-15)31-2)21(29)33-13-20(28)26-17-11-14(22(23,24)25)3-6-18(17)27-7-9-32-10-8-27/h3-6,11-12H,7-10,13H2,1-2H3,(H,26,28). The number of halogens is 3. The van der Waals surface area contributed by atoms with Gasteiger partial charge in [0.05, 0.1) is 44.4 Å². The van der Waals surface area contributed by atoms with Crippen LogP contribution in [-0.2, 0) is 20.4 Å². The highest BCUT2D eigenvalue weighted by atomic mass is 19.4. The molecule has 1 amide bonds. The van der Waals surface area contributed by atoms with E-state index in [4.69, 9.17) is 18.9 Å². The zero-order valence-corrected chi connectivity index (χ0v) is 18.0. The molecule has 0 bridgehead atoms. The quantitative estimate of drug-likeness (QED) is 0.624. The van der Waals surface area contributed by atoms with E-state index in [0.717, 1.165) is 12.1 Å². The van der Waals surface area contributed by atoms with Gasteiger partial charge in [0.2, 0.25) is 0 Å². The largest absolute Gasteiger partial charge is 0.497 e. The van der Waals surface area contributed by atoms with E-state index in [9.17, 15) is 22.8 Å². The number of esters is 1. The highest BCUT2D eigenvalue weighted by molar-refractivity contribution is 5.98. The van der Waals surface area contributed by atoms with Gasteiger partial charge in [-0.2, -0.15) is 13.2 Å². The van der Waals surface area contributed by atoms with Gasteiger partial charge in [-0.25, -0.2) is 4.79 Å². The minimum absolute atomic E-state index is 0.0326. The molecule has 1 aliphatic heterocycles. The van der Waals surface area contributed by atoms with E-state index in [0.29, 0.717) is 37.7 Å². The van der Waals surface area contributed by atoms with Crippen LogP contribution < -0.4 is 19.7 Å². The molecule has 1 N–H and O–H groups in total. The van der Waals surface area contributed by atoms with Gasteiger partial charge in [-0.05, 0) is 30.3 Å². The summed E-state index contributed by atoms with van der Waals surface area (Å²) in [5, 5.41) is 2.42. The van der Waals surface area contributed by atoms with Crippen LogP contribution in [-0.4, -0.2) is 59.0 Å². The summed E-state index contributed by atoms with van der Waals surface area (Å²) < 4.78 is 60.1. The molecule has 0 atom stereocenters. The first-order valence-corrected chi connectivity index (χ1v) is 9.96. The number of ether oxygens (including phenoxy) is 4. The van der Waals surface area contributed by atoms with Gasteiger partial charge in [-0.3, -0.25) is 4.79 Å². The summed E-state index contributed by atoms with van der Waals surface area (Å²) in [4.78, 5) is 26.6. The van der Waals surface area contributed by atoms with E-state index in [1.54, 1.807) is 0 Å². The number of amides is 1. The van der Waals surface area contributed by atoms with Crippen LogP contribution in [0.2, 0.25) is 0 Å². The molecule has 0 spiro atoms. The predicted molar refractivity (Wildman–Crippen MR) is 113 cm³/mol. The molecule has 1 aliphatic rings. The third-order valence-corrected chi connectivity index (χ3v) is 4.91. The number of nitrogens with one attached hydrogen (secondary N) is 1. The van der Waals surface area contributed by atoms with Gasteiger partial charge >= 0.3 is 12.1 Å². The number of morpholine rings is 1. The van der Waals surface area contributed by atoms with Crippen molar-refractivity contribution in [2.45, 2.75) is 6.18 Å². The summed E-state index contributed by atoms with van der Waals surface area (Å²) >= 11 is 0. The van der Waals surface area contributed by atoms with Crippen LogP contribution in [0.5, 0.6) is 11.5 Å². The van der Waals surface area contributed by atoms with Crippen molar-refractivity contribution >= 4 is 23.3 Å². The van der Waals surface area contributed by atoms with Gasteiger partial charge in [-0.15, -0.1) is 0 Å². The Morgan fingerprint density at radius 3 is 2.42 bits per heavy atom. The Morgan fingerprint density at radius 2 is 1.79 bits per heavy atom. The molecule has 2 aromatic carbocycles. The van der Waals surface area contributed by atoms with E-state index >= 15 is 0 Å². The van der Waals surface area contributed by atoms with E-state index in [-0.39, 0.29) is 17.0 Å². The summed E-state index contributed by atoms with van der Waals surface area (Å²) in [5.41, 5.74) is -0.452. The third-order valence-electron chi connectivity index (χ3n) is 4.91. The van der Waals surface area contributed by atoms with E-state index < -0.39 is 30.2 Å². The van der Waals surface area contributed by atoms with Crippen molar-refractivity contribution in [3.8, 4) is 11.5 Å². The summed E-state index contributed by atoms with van der Waals surface area (Å²) in [6.07, 6.45) is -4.58. The lowest BCUT2D eigenvalue weighted by atomic mass is 10.1. The van der Waals surface area contributed by atoms with E-state index in [1.807, 2.05) is 4.90 Å². The minimum Gasteiger partial charge on any atom is -0.497 e. The first-order chi connectivity index (χ1) is 15.7. The van der Waals surface area contributed by atoms with Crippen molar-refractivity contribution in [2.24, 2.45) is 0 Å². The van der Waals surface area contributed by atoms with Gasteiger partial charge in [0.15, 0.2) is 6.61 Å². The van der Waals surface area contributed by atoms with Gasteiger partial charge in [0.25, 0.3) is 5.91 Å². The number of methoxy groups -OCH3 is 2. The summed E-state index contributed by atoms with van der Waals surface area (Å²) in [7, 11) is 2.81. The second kappa shape index (κ2) is 10.4. The molecule has 11 heteroatoms. The smallest absolute Gasteiger partial charge is 0.416 e. The third kappa shape index (κ3) is 6.07. The Balaban J connectivity index is 1.73. The van der Waals surface area contributed by atoms with E-state index in [1.165, 1.54) is 38.5 Å². The number of hydrogen-bond acceptors (Lipinski definition) is 7. The van der Waals surface area contributed by atoms with E-state index in [2.05, 4.69) is 5.32 Å². The number of rotatable bonds is 7. The first kappa shape index (κ1) is 24.2. The fourth-order valence-corrected chi connectivity index (χ4v) is 3.25. The highest BCUT2D eigenvalue weighted by Gasteiger charge is 2.32. The Morgan fingerprint density at radius 1 is 1.06 bits per heavy atom. The molecule has 1 fully saturated rings. The molecule has 0 aliphatic carbocycles. The maximum atomic E-state index is 13.2. The van der Waals surface area contributed by atoms with Crippen LogP contribution in [0.15, 0.2) is 36.4 Å². The molecular weight excluding hydrogens is 445 g/mol. The van der Waals surface area contributed by atoms with Crippen molar-refractivity contribution in [3.05, 3.63) is 47.5 Å². The number of alkyl halides is 3. The Labute approximate surface area is 188 Å². The average molecular weight is 468 g/mol. The number of carbonyl (C=O) groups is 2. The molecule has 33 heavy (non-hydrogen) atoms. The van der Waals surface area contributed by atoms with Crippen molar-refractivity contribution in [2.75, 3.05) is 57.3 Å². The molecule has 0 aromatic heterocycles. The van der Waals surface area contributed by atoms with Crippen molar-refractivity contribution < 1.29 is 41.7 Å². The topological polar surface area (TPSA) is 86.3 Å². The van der Waals surface area contributed by atoms with Gasteiger partial charge in [0, 0.05) is 19.2 Å². The van der Waals surface area contributed by atoms with Crippen LogP contribution in [0.1, 0.15) is 15.9 Å². The van der Waals surface area contributed by atoms with Crippen molar-refractivity contribution in [1.82, 2.24) is 0 Å². The first-order valence-electron chi connectivity index (χ1n) is 9.96. The predicted octanol–water partition coefficient (Wildman–Crippen LogP) is 3.35. The molecule has 1 heterocycles. The average Bonchev–Trinajstić information content (AvgIpc) is 2.82. The van der Waals surface area contributed by atoms with Crippen LogP contribution in [0.25, 0.3) is 0 Å². The number of nitrogens with zero attached hydrogens (tertiary/aromatic N) is 1. The molecule has 0 unspecified atom stereocenters. The van der Waals surface area contributed by atoms with Crippen LogP contribution >= 0.6 is 0 Å². The maximum Gasteiger partial charge on any atom is 0.416 e. The zero-order valence-electron chi connectivity index (χ0n) is 18.0. The lowest BCUT2D eigenvalue weighted by Crippen LogP contribution is -2.37. The fourth-order valence-electron chi connectivity index (χ4n) is 3.25. The molecule has 3 rings (SSSR count). The zero-order chi connectivity index (χ0) is 24.0. The fraction of sp³-hybridized carbons (Fsp3) is 0.364. The normalized spacial score (nSPS) is 13.9. The minimum atomic E-state index is -4.58. The van der Waals surface area contributed by atoms with Crippen molar-refractivity contribution in [3.63, 3.8) is 0 Å². The van der Waals surface area contributed by atoms with Gasteiger partial charge in [-0.1, -0.05) is 0 Å². The lowest BCUT2D eigenvalue weighted by molar-refractivity contribution is -0.137. The molecule has 2 aromatic rings. The van der Waals surface area contributed by atoms with Gasteiger partial charge < -0.3 is 29.2 Å². The molecule has 8 nitrogen and oxygen atoms in total. The second-order valence-corrected chi connectivity index (χ2v) is 7.02.